The number of likely N-dealkylation sites (tertiary alicyclic amines) is 1. The lowest BCUT2D eigenvalue weighted by Gasteiger charge is -2.29. The number of nitrogens with zero attached hydrogens (tertiary/aromatic N) is 3. The van der Waals surface area contributed by atoms with Gasteiger partial charge in [-0.3, -0.25) is 29.4 Å². The number of fused-ring (bicyclic) bond motifs is 1. The minimum absolute atomic E-state index is 0.0843. The highest BCUT2D eigenvalue weighted by molar-refractivity contribution is 6.07. The molecule has 0 spiro atoms. The average Bonchev–Trinajstić information content (AvgIpc) is 3.40. The van der Waals surface area contributed by atoms with E-state index in [0.29, 0.717) is 5.69 Å². The number of carbonyl (C=O) groups excluding carboxylic acids is 2. The summed E-state index contributed by atoms with van der Waals surface area (Å²) >= 11 is 0. The maximum atomic E-state index is 13.7. The Labute approximate surface area is 206 Å². The zero-order valence-corrected chi connectivity index (χ0v) is 19.6. The van der Waals surface area contributed by atoms with Gasteiger partial charge >= 0.3 is 0 Å². The predicted molar refractivity (Wildman–Crippen MR) is 128 cm³/mol. The highest BCUT2D eigenvalue weighted by Crippen LogP contribution is 2.50. The molecular formula is C26H23N3O7. The number of anilines is 1. The summed E-state index contributed by atoms with van der Waals surface area (Å²) in [6.45, 7) is 0.0843. The molecule has 36 heavy (non-hydrogen) atoms. The van der Waals surface area contributed by atoms with E-state index in [0.717, 1.165) is 10.5 Å². The van der Waals surface area contributed by atoms with E-state index in [1.807, 2.05) is 36.4 Å². The first-order chi connectivity index (χ1) is 17.4. The number of amides is 2. The van der Waals surface area contributed by atoms with Gasteiger partial charge in [0.1, 0.15) is 12.0 Å². The van der Waals surface area contributed by atoms with Crippen molar-refractivity contribution in [1.29, 1.82) is 0 Å². The minimum Gasteiger partial charge on any atom is -0.493 e. The molecule has 0 aliphatic carbocycles. The molecule has 3 atom stereocenters. The highest BCUT2D eigenvalue weighted by atomic mass is 16.7. The van der Waals surface area contributed by atoms with Crippen LogP contribution in [-0.2, 0) is 21.0 Å². The quantitative estimate of drug-likeness (QED) is 0.281. The molecule has 2 fully saturated rings. The lowest BCUT2D eigenvalue weighted by molar-refractivity contribution is -0.385. The van der Waals surface area contributed by atoms with E-state index in [1.165, 1.54) is 31.4 Å². The molecule has 2 heterocycles. The van der Waals surface area contributed by atoms with Crippen LogP contribution in [0.2, 0.25) is 0 Å². The Morgan fingerprint density at radius 2 is 1.53 bits per heavy atom. The van der Waals surface area contributed by atoms with Crippen LogP contribution in [0.25, 0.3) is 0 Å². The number of hydrogen-bond donors (Lipinski definition) is 0. The minimum atomic E-state index is -1.13. The number of benzene rings is 3. The van der Waals surface area contributed by atoms with Crippen LogP contribution in [-0.4, -0.2) is 42.0 Å². The van der Waals surface area contributed by atoms with Gasteiger partial charge in [0.05, 0.1) is 43.0 Å². The van der Waals surface area contributed by atoms with E-state index in [2.05, 4.69) is 0 Å². The number of nitro groups is 1. The van der Waals surface area contributed by atoms with Crippen LogP contribution < -0.4 is 14.5 Å². The number of imide groups is 1. The fourth-order valence-corrected chi connectivity index (χ4v) is 4.79. The SMILES string of the molecule is COc1cc(C2C3C(=O)N(Cc4ccccc4)C(=O)C3ON2c2ccccc2)c([N+](=O)[O-])cc1OC. The van der Waals surface area contributed by atoms with Crippen LogP contribution in [0.15, 0.2) is 72.8 Å². The third-order valence-electron chi connectivity index (χ3n) is 6.45. The number of nitro benzene ring substituents is 1. The summed E-state index contributed by atoms with van der Waals surface area (Å²) < 4.78 is 10.7. The molecule has 2 saturated heterocycles. The van der Waals surface area contributed by atoms with E-state index in [9.17, 15) is 19.7 Å². The zero-order chi connectivity index (χ0) is 25.4. The van der Waals surface area contributed by atoms with Crippen LogP contribution in [0.3, 0.4) is 0 Å². The van der Waals surface area contributed by atoms with Gasteiger partial charge < -0.3 is 9.47 Å². The highest BCUT2D eigenvalue weighted by Gasteiger charge is 2.61. The molecule has 184 valence electrons. The number of hydroxylamine groups is 1. The van der Waals surface area contributed by atoms with Crippen molar-refractivity contribution in [2.45, 2.75) is 18.7 Å². The number of methoxy groups -OCH3 is 2. The van der Waals surface area contributed by atoms with E-state index >= 15 is 0 Å². The number of carbonyl (C=O) groups is 2. The second-order valence-corrected chi connectivity index (χ2v) is 8.43. The van der Waals surface area contributed by atoms with Crippen LogP contribution in [0, 0.1) is 16.0 Å². The number of rotatable bonds is 7. The first-order valence-electron chi connectivity index (χ1n) is 11.2. The Morgan fingerprint density at radius 3 is 2.14 bits per heavy atom. The van der Waals surface area contributed by atoms with Crippen LogP contribution in [0.4, 0.5) is 11.4 Å². The molecular weight excluding hydrogens is 466 g/mol. The Hall–Kier alpha value is -4.44. The predicted octanol–water partition coefficient (Wildman–Crippen LogP) is 3.66. The van der Waals surface area contributed by atoms with Crippen LogP contribution in [0.1, 0.15) is 17.2 Å². The van der Waals surface area contributed by atoms with Gasteiger partial charge in [-0.15, -0.1) is 0 Å². The van der Waals surface area contributed by atoms with Crippen molar-refractivity contribution < 1.29 is 28.8 Å². The summed E-state index contributed by atoms with van der Waals surface area (Å²) in [5.41, 5.74) is 1.24. The van der Waals surface area contributed by atoms with Crippen molar-refractivity contribution >= 4 is 23.2 Å². The van der Waals surface area contributed by atoms with E-state index in [4.69, 9.17) is 14.3 Å². The summed E-state index contributed by atoms with van der Waals surface area (Å²) in [4.78, 5) is 45.9. The smallest absolute Gasteiger partial charge is 0.278 e. The maximum Gasteiger partial charge on any atom is 0.278 e. The van der Waals surface area contributed by atoms with Crippen molar-refractivity contribution in [3.05, 3.63) is 94.0 Å². The van der Waals surface area contributed by atoms with Gasteiger partial charge in [-0.2, -0.15) is 0 Å². The van der Waals surface area contributed by atoms with Crippen molar-refractivity contribution in [3.8, 4) is 11.5 Å². The third kappa shape index (κ3) is 3.81. The number of hydrogen-bond acceptors (Lipinski definition) is 8. The van der Waals surface area contributed by atoms with Gasteiger partial charge in [-0.05, 0) is 23.8 Å². The Balaban J connectivity index is 1.63. The zero-order valence-electron chi connectivity index (χ0n) is 19.6. The second kappa shape index (κ2) is 9.31. The van der Waals surface area contributed by atoms with Crippen LogP contribution >= 0.6 is 0 Å². The molecule has 0 radical (unpaired) electrons. The van der Waals surface area contributed by atoms with Gasteiger partial charge in [0.15, 0.2) is 17.6 Å². The number of para-hydroxylation sites is 1. The molecule has 2 aliphatic heterocycles. The molecule has 0 saturated carbocycles. The third-order valence-corrected chi connectivity index (χ3v) is 6.45. The molecule has 3 aromatic carbocycles. The maximum absolute atomic E-state index is 13.7. The van der Waals surface area contributed by atoms with Crippen molar-refractivity contribution in [1.82, 2.24) is 4.90 Å². The van der Waals surface area contributed by atoms with Gasteiger partial charge in [0, 0.05) is 0 Å². The average molecular weight is 489 g/mol. The molecule has 0 bridgehead atoms. The summed E-state index contributed by atoms with van der Waals surface area (Å²) in [5, 5.41) is 13.5. The Kier molecular flexibility index (Phi) is 6.03. The molecule has 3 unspecified atom stereocenters. The molecule has 5 rings (SSSR count). The summed E-state index contributed by atoms with van der Waals surface area (Å²) in [7, 11) is 2.80. The number of ether oxygens (including phenoxy) is 2. The topological polar surface area (TPSA) is 111 Å². The molecule has 3 aromatic rings. The van der Waals surface area contributed by atoms with Crippen LogP contribution in [0.5, 0.6) is 11.5 Å². The van der Waals surface area contributed by atoms with E-state index in [1.54, 1.807) is 24.3 Å². The first kappa shape index (κ1) is 23.3. The molecule has 10 heteroatoms. The van der Waals surface area contributed by atoms with E-state index in [-0.39, 0.29) is 29.3 Å². The largest absolute Gasteiger partial charge is 0.493 e. The van der Waals surface area contributed by atoms with Gasteiger partial charge in [-0.1, -0.05) is 48.5 Å². The molecule has 10 nitrogen and oxygen atoms in total. The molecule has 2 amide bonds. The lowest BCUT2D eigenvalue weighted by atomic mass is 9.89. The van der Waals surface area contributed by atoms with Gasteiger partial charge in [-0.25, -0.2) is 5.06 Å². The fourth-order valence-electron chi connectivity index (χ4n) is 4.79. The monoisotopic (exact) mass is 489 g/mol. The Morgan fingerprint density at radius 1 is 0.917 bits per heavy atom. The second-order valence-electron chi connectivity index (χ2n) is 8.43. The van der Waals surface area contributed by atoms with Gasteiger partial charge in [0.25, 0.3) is 11.6 Å². The van der Waals surface area contributed by atoms with Crippen molar-refractivity contribution in [2.24, 2.45) is 5.92 Å². The molecule has 0 aromatic heterocycles. The molecule has 0 N–H and O–H groups in total. The van der Waals surface area contributed by atoms with E-state index < -0.39 is 34.8 Å². The first-order valence-corrected chi connectivity index (χ1v) is 11.2. The Bertz CT molecular complexity index is 1320. The summed E-state index contributed by atoms with van der Waals surface area (Å²) in [5.74, 6) is -1.51. The van der Waals surface area contributed by atoms with Crippen molar-refractivity contribution in [3.63, 3.8) is 0 Å². The summed E-state index contributed by atoms with van der Waals surface area (Å²) in [6, 6.07) is 19.8. The standard InChI is InChI=1S/C26H23N3O7/c1-34-20-13-18(19(29(32)33)14-21(20)35-2)23-22-24(36-28(23)17-11-7-4-8-12-17)26(31)27(25(22)30)15-16-9-5-3-6-10-16/h3-14,22-24H,15H2,1-2H3. The van der Waals surface area contributed by atoms with Gasteiger partial charge in [0.2, 0.25) is 5.91 Å². The lowest BCUT2D eigenvalue weighted by Crippen LogP contribution is -2.37. The fraction of sp³-hybridized carbons (Fsp3) is 0.231. The summed E-state index contributed by atoms with van der Waals surface area (Å²) in [6.07, 6.45) is -1.13. The molecule has 2 aliphatic rings. The van der Waals surface area contributed by atoms with Crippen molar-refractivity contribution in [2.75, 3.05) is 19.3 Å². The normalized spacial score (nSPS) is 21.0.